The fourth-order valence-electron chi connectivity index (χ4n) is 3.31. The molecule has 2 aromatic carbocycles. The number of rotatable bonds is 6. The van der Waals surface area contributed by atoms with Crippen molar-refractivity contribution in [2.24, 2.45) is 0 Å². The summed E-state index contributed by atoms with van der Waals surface area (Å²) in [6.07, 6.45) is 0.983. The van der Waals surface area contributed by atoms with Crippen molar-refractivity contribution in [1.29, 1.82) is 0 Å². The van der Waals surface area contributed by atoms with Crippen LogP contribution in [-0.2, 0) is 6.54 Å². The normalized spacial score (nSPS) is 16.2. The van der Waals surface area contributed by atoms with E-state index in [4.69, 9.17) is 0 Å². The fourth-order valence-corrected chi connectivity index (χ4v) is 4.20. The highest BCUT2D eigenvalue weighted by molar-refractivity contribution is 7.99. The second-order valence-electron chi connectivity index (χ2n) is 7.31. The Morgan fingerprint density at radius 3 is 2.35 bits per heavy atom. The van der Waals surface area contributed by atoms with Crippen molar-refractivity contribution in [2.75, 3.05) is 26.2 Å². The molecule has 1 saturated heterocycles. The number of hydrogen-bond donors (Lipinski definition) is 0. The molecule has 0 atom stereocenters. The van der Waals surface area contributed by atoms with Crippen molar-refractivity contribution in [1.82, 2.24) is 9.80 Å². The number of hydrogen-bond acceptors (Lipinski definition) is 4. The lowest BCUT2D eigenvalue weighted by molar-refractivity contribution is 0.104. The molecular formula is C22H28N2OS. The fraction of sp³-hybridized carbons (Fsp3) is 0.409. The van der Waals surface area contributed by atoms with E-state index in [0.29, 0.717) is 6.04 Å². The Morgan fingerprint density at radius 2 is 1.73 bits per heavy atom. The number of carbonyl (C=O) groups excluding carboxylic acids is 1. The summed E-state index contributed by atoms with van der Waals surface area (Å²) in [4.78, 5) is 18.8. The minimum absolute atomic E-state index is 0.622. The van der Waals surface area contributed by atoms with Gasteiger partial charge in [0.25, 0.3) is 0 Å². The van der Waals surface area contributed by atoms with Crippen molar-refractivity contribution in [3.63, 3.8) is 0 Å². The summed E-state index contributed by atoms with van der Waals surface area (Å²) in [5.74, 6) is 0. The van der Waals surface area contributed by atoms with E-state index in [1.165, 1.54) is 11.1 Å². The third-order valence-corrected chi connectivity index (χ3v) is 6.09. The molecule has 2 aromatic rings. The maximum Gasteiger partial charge on any atom is 0.151 e. The molecule has 0 amide bonds. The second-order valence-corrected chi connectivity index (χ2v) is 8.43. The number of piperazine rings is 1. The molecule has 1 fully saturated rings. The van der Waals surface area contributed by atoms with E-state index in [1.54, 1.807) is 11.8 Å². The van der Waals surface area contributed by atoms with Gasteiger partial charge in [0.15, 0.2) is 6.29 Å². The van der Waals surface area contributed by atoms with Crippen molar-refractivity contribution < 1.29 is 4.79 Å². The number of benzene rings is 2. The zero-order valence-corrected chi connectivity index (χ0v) is 16.8. The molecule has 0 aromatic heterocycles. The quantitative estimate of drug-likeness (QED) is 0.701. The monoisotopic (exact) mass is 368 g/mol. The first-order chi connectivity index (χ1) is 12.5. The first-order valence-electron chi connectivity index (χ1n) is 9.34. The van der Waals surface area contributed by atoms with E-state index in [9.17, 15) is 4.79 Å². The van der Waals surface area contributed by atoms with Crippen molar-refractivity contribution in [2.45, 2.75) is 43.1 Å². The SMILES string of the molecule is Cc1ccc(Sc2ccc(CN3CCN(C(C)C)CC3)cc2C=O)cc1. The molecule has 0 unspecified atom stereocenters. The summed E-state index contributed by atoms with van der Waals surface area (Å²) in [5, 5.41) is 0. The highest BCUT2D eigenvalue weighted by atomic mass is 32.2. The van der Waals surface area contributed by atoms with Crippen LogP contribution in [-0.4, -0.2) is 48.3 Å². The molecule has 0 bridgehead atoms. The Bertz CT molecular complexity index is 734. The topological polar surface area (TPSA) is 23.6 Å². The average molecular weight is 369 g/mol. The van der Waals surface area contributed by atoms with Gasteiger partial charge in [0, 0.05) is 54.1 Å². The van der Waals surface area contributed by atoms with Gasteiger partial charge in [-0.1, -0.05) is 35.5 Å². The van der Waals surface area contributed by atoms with Gasteiger partial charge in [-0.05, 0) is 50.6 Å². The van der Waals surface area contributed by atoms with Gasteiger partial charge >= 0.3 is 0 Å². The molecule has 3 rings (SSSR count). The molecule has 1 aliphatic rings. The second kappa shape index (κ2) is 8.85. The molecule has 0 saturated carbocycles. The van der Waals surface area contributed by atoms with Crippen LogP contribution >= 0.6 is 11.8 Å². The minimum Gasteiger partial charge on any atom is -0.298 e. The Morgan fingerprint density at radius 1 is 1.04 bits per heavy atom. The molecule has 4 heteroatoms. The molecule has 1 heterocycles. The van der Waals surface area contributed by atoms with E-state index in [0.717, 1.165) is 54.4 Å². The van der Waals surface area contributed by atoms with Crippen LogP contribution in [0.4, 0.5) is 0 Å². The van der Waals surface area contributed by atoms with Crippen LogP contribution in [0.25, 0.3) is 0 Å². The predicted octanol–water partition coefficient (Wildman–Crippen LogP) is 4.48. The van der Waals surface area contributed by atoms with E-state index in [-0.39, 0.29) is 0 Å². The van der Waals surface area contributed by atoms with Crippen LogP contribution in [0.1, 0.15) is 35.3 Å². The first-order valence-corrected chi connectivity index (χ1v) is 10.2. The lowest BCUT2D eigenvalue weighted by Gasteiger charge is -2.37. The van der Waals surface area contributed by atoms with Gasteiger partial charge in [0.2, 0.25) is 0 Å². The molecule has 26 heavy (non-hydrogen) atoms. The maximum atomic E-state index is 11.6. The summed E-state index contributed by atoms with van der Waals surface area (Å²) < 4.78 is 0. The largest absolute Gasteiger partial charge is 0.298 e. The molecule has 3 nitrogen and oxygen atoms in total. The van der Waals surface area contributed by atoms with E-state index in [2.05, 4.69) is 73.0 Å². The van der Waals surface area contributed by atoms with Gasteiger partial charge in [-0.15, -0.1) is 0 Å². The number of carbonyl (C=O) groups is 1. The smallest absolute Gasteiger partial charge is 0.151 e. The lowest BCUT2D eigenvalue weighted by atomic mass is 10.1. The molecule has 0 radical (unpaired) electrons. The van der Waals surface area contributed by atoms with Crippen molar-refractivity contribution in [3.05, 3.63) is 59.2 Å². The highest BCUT2D eigenvalue weighted by Crippen LogP contribution is 2.31. The minimum atomic E-state index is 0.622. The Hall–Kier alpha value is -1.62. The van der Waals surface area contributed by atoms with Gasteiger partial charge in [-0.3, -0.25) is 14.6 Å². The summed E-state index contributed by atoms with van der Waals surface area (Å²) >= 11 is 1.65. The molecular weight excluding hydrogens is 340 g/mol. The van der Waals surface area contributed by atoms with Crippen LogP contribution in [0.5, 0.6) is 0 Å². The maximum absolute atomic E-state index is 11.6. The van der Waals surface area contributed by atoms with Crippen LogP contribution in [0.3, 0.4) is 0 Å². The van der Waals surface area contributed by atoms with Gasteiger partial charge in [0.05, 0.1) is 0 Å². The molecule has 0 aliphatic carbocycles. The van der Waals surface area contributed by atoms with E-state index >= 15 is 0 Å². The van der Waals surface area contributed by atoms with Crippen LogP contribution in [0, 0.1) is 6.92 Å². The average Bonchev–Trinajstić information content (AvgIpc) is 2.65. The summed E-state index contributed by atoms with van der Waals surface area (Å²) in [6.45, 7) is 12.0. The van der Waals surface area contributed by atoms with Gasteiger partial charge < -0.3 is 0 Å². The van der Waals surface area contributed by atoms with Crippen LogP contribution in [0.15, 0.2) is 52.3 Å². The molecule has 1 aliphatic heterocycles. The zero-order valence-electron chi connectivity index (χ0n) is 15.9. The Labute approximate surface area is 161 Å². The molecule has 0 spiro atoms. The third-order valence-electron chi connectivity index (χ3n) is 4.99. The van der Waals surface area contributed by atoms with Crippen molar-refractivity contribution >= 4 is 18.0 Å². The number of nitrogens with zero attached hydrogens (tertiary/aromatic N) is 2. The molecule has 0 N–H and O–H groups in total. The molecule has 138 valence electrons. The van der Waals surface area contributed by atoms with E-state index < -0.39 is 0 Å². The Balaban J connectivity index is 1.65. The summed E-state index contributed by atoms with van der Waals surface area (Å²) in [7, 11) is 0. The third kappa shape index (κ3) is 4.97. The zero-order chi connectivity index (χ0) is 18.5. The van der Waals surface area contributed by atoms with E-state index in [1.807, 2.05) is 0 Å². The highest BCUT2D eigenvalue weighted by Gasteiger charge is 2.19. The summed E-state index contributed by atoms with van der Waals surface area (Å²) in [5.41, 5.74) is 3.25. The number of aldehydes is 1. The van der Waals surface area contributed by atoms with Gasteiger partial charge in [-0.2, -0.15) is 0 Å². The first kappa shape index (κ1) is 19.2. The standard InChI is InChI=1S/C22H28N2OS/c1-17(2)24-12-10-23(11-13-24)15-19-6-9-22(20(14-19)16-25)26-21-7-4-18(3)5-8-21/h4-9,14,16-17H,10-13,15H2,1-3H3. The van der Waals surface area contributed by atoms with Gasteiger partial charge in [0.1, 0.15) is 0 Å². The van der Waals surface area contributed by atoms with Crippen LogP contribution < -0.4 is 0 Å². The predicted molar refractivity (Wildman–Crippen MR) is 109 cm³/mol. The lowest BCUT2D eigenvalue weighted by Crippen LogP contribution is -2.48. The van der Waals surface area contributed by atoms with Crippen LogP contribution in [0.2, 0.25) is 0 Å². The van der Waals surface area contributed by atoms with Crippen molar-refractivity contribution in [3.8, 4) is 0 Å². The summed E-state index contributed by atoms with van der Waals surface area (Å²) in [6, 6.07) is 15.4. The number of aryl methyl sites for hydroxylation is 1. The Kier molecular flexibility index (Phi) is 6.52. The van der Waals surface area contributed by atoms with Gasteiger partial charge in [-0.25, -0.2) is 0 Å².